The molecule has 0 aliphatic carbocycles. The molecule has 0 saturated carbocycles. The van der Waals surface area contributed by atoms with Crippen LogP contribution in [0.3, 0.4) is 0 Å². The minimum atomic E-state index is -0.574. The Morgan fingerprint density at radius 3 is 2.44 bits per heavy atom. The summed E-state index contributed by atoms with van der Waals surface area (Å²) in [7, 11) is 0. The van der Waals surface area contributed by atoms with Crippen LogP contribution in [0.4, 0.5) is 11.4 Å². The van der Waals surface area contributed by atoms with Crippen LogP contribution in [0, 0.1) is 17.0 Å². The number of rotatable bonds is 3. The summed E-state index contributed by atoms with van der Waals surface area (Å²) in [5.74, 6) is -0.204. The molecule has 0 atom stereocenters. The first-order valence-electron chi connectivity index (χ1n) is 8.01. The van der Waals surface area contributed by atoms with Gasteiger partial charge in [0, 0.05) is 43.5 Å². The second-order valence-electron chi connectivity index (χ2n) is 5.99. The molecule has 0 N–H and O–H groups in total. The van der Waals surface area contributed by atoms with E-state index >= 15 is 0 Å². The lowest BCUT2D eigenvalue weighted by Gasteiger charge is -2.36. The Hall–Kier alpha value is -2.60. The summed E-state index contributed by atoms with van der Waals surface area (Å²) in [4.78, 5) is 27.0. The van der Waals surface area contributed by atoms with Crippen molar-refractivity contribution in [1.82, 2.24) is 4.90 Å². The summed E-state index contributed by atoms with van der Waals surface area (Å²) in [6.07, 6.45) is 0. The standard InChI is InChI=1S/C18H18ClN3O3/c1-13-4-2-3-5-16(13)20-8-10-21(11-9-20)18(23)14-6-7-15(19)17(12-14)22(24)25/h2-7,12H,8-11H2,1H3. The molecule has 0 unspecified atom stereocenters. The van der Waals surface area contributed by atoms with Crippen LogP contribution in [0.2, 0.25) is 5.02 Å². The van der Waals surface area contributed by atoms with E-state index in [1.165, 1.54) is 29.4 Å². The van der Waals surface area contributed by atoms with Crippen LogP contribution in [0.1, 0.15) is 15.9 Å². The lowest BCUT2D eigenvalue weighted by atomic mass is 10.1. The molecule has 1 aliphatic heterocycles. The molecule has 1 saturated heterocycles. The molecule has 1 fully saturated rings. The number of aryl methyl sites for hydroxylation is 1. The maximum Gasteiger partial charge on any atom is 0.288 e. The highest BCUT2D eigenvalue weighted by molar-refractivity contribution is 6.32. The first-order chi connectivity index (χ1) is 12.0. The summed E-state index contributed by atoms with van der Waals surface area (Å²) in [6, 6.07) is 12.3. The second-order valence-corrected chi connectivity index (χ2v) is 6.40. The molecule has 1 amide bonds. The summed E-state index contributed by atoms with van der Waals surface area (Å²) in [6.45, 7) is 4.67. The minimum Gasteiger partial charge on any atom is -0.368 e. The second kappa shape index (κ2) is 7.11. The monoisotopic (exact) mass is 359 g/mol. The zero-order valence-corrected chi connectivity index (χ0v) is 14.6. The number of amides is 1. The topological polar surface area (TPSA) is 66.7 Å². The third-order valence-corrected chi connectivity index (χ3v) is 4.73. The van der Waals surface area contributed by atoms with Crippen LogP contribution < -0.4 is 4.90 Å². The zero-order chi connectivity index (χ0) is 18.0. The van der Waals surface area contributed by atoms with E-state index in [-0.39, 0.29) is 16.6 Å². The van der Waals surface area contributed by atoms with Crippen molar-refractivity contribution >= 4 is 28.9 Å². The number of hydrogen-bond donors (Lipinski definition) is 0. The highest BCUT2D eigenvalue weighted by Crippen LogP contribution is 2.26. The molecule has 6 nitrogen and oxygen atoms in total. The van der Waals surface area contributed by atoms with Crippen molar-refractivity contribution in [2.75, 3.05) is 31.1 Å². The van der Waals surface area contributed by atoms with Gasteiger partial charge in [-0.1, -0.05) is 29.8 Å². The van der Waals surface area contributed by atoms with Gasteiger partial charge in [-0.25, -0.2) is 0 Å². The average Bonchev–Trinajstić information content (AvgIpc) is 2.62. The summed E-state index contributed by atoms with van der Waals surface area (Å²) in [5, 5.41) is 11.0. The van der Waals surface area contributed by atoms with Crippen molar-refractivity contribution in [2.45, 2.75) is 6.92 Å². The van der Waals surface area contributed by atoms with Crippen molar-refractivity contribution in [1.29, 1.82) is 0 Å². The number of carbonyl (C=O) groups excluding carboxylic acids is 1. The summed E-state index contributed by atoms with van der Waals surface area (Å²) < 4.78 is 0. The normalized spacial score (nSPS) is 14.5. The fourth-order valence-corrected chi connectivity index (χ4v) is 3.22. The molecule has 3 rings (SSSR count). The number of hydrogen-bond acceptors (Lipinski definition) is 4. The van der Waals surface area contributed by atoms with E-state index in [1.807, 2.05) is 12.1 Å². The number of nitro benzene ring substituents is 1. The van der Waals surface area contributed by atoms with Crippen molar-refractivity contribution in [3.05, 3.63) is 68.7 Å². The van der Waals surface area contributed by atoms with Gasteiger partial charge in [-0.2, -0.15) is 0 Å². The third kappa shape index (κ3) is 3.58. The number of halogens is 1. The SMILES string of the molecule is Cc1ccccc1N1CCN(C(=O)c2ccc(Cl)c([N+](=O)[O-])c2)CC1. The molecule has 2 aromatic rings. The number of para-hydroxylation sites is 1. The lowest BCUT2D eigenvalue weighted by molar-refractivity contribution is -0.384. The van der Waals surface area contributed by atoms with E-state index in [0.29, 0.717) is 18.7 Å². The summed E-state index contributed by atoms with van der Waals surface area (Å²) >= 11 is 5.81. The first-order valence-corrected chi connectivity index (χ1v) is 8.39. The van der Waals surface area contributed by atoms with Crippen LogP contribution in [-0.2, 0) is 0 Å². The number of nitrogens with zero attached hydrogens (tertiary/aromatic N) is 3. The van der Waals surface area contributed by atoms with Crippen LogP contribution in [0.25, 0.3) is 0 Å². The zero-order valence-electron chi connectivity index (χ0n) is 13.8. The Labute approximate surface area is 150 Å². The highest BCUT2D eigenvalue weighted by atomic mass is 35.5. The van der Waals surface area contributed by atoms with Crippen molar-refractivity contribution in [2.24, 2.45) is 0 Å². The van der Waals surface area contributed by atoms with Gasteiger partial charge in [0.15, 0.2) is 0 Å². The molecular formula is C18H18ClN3O3. The van der Waals surface area contributed by atoms with Gasteiger partial charge in [-0.15, -0.1) is 0 Å². The smallest absolute Gasteiger partial charge is 0.288 e. The molecule has 0 bridgehead atoms. The number of piperazine rings is 1. The molecule has 130 valence electrons. The van der Waals surface area contributed by atoms with Crippen molar-refractivity contribution in [3.8, 4) is 0 Å². The van der Waals surface area contributed by atoms with Crippen molar-refractivity contribution in [3.63, 3.8) is 0 Å². The van der Waals surface area contributed by atoms with Crippen LogP contribution in [0.15, 0.2) is 42.5 Å². The molecule has 1 heterocycles. The summed E-state index contributed by atoms with van der Waals surface area (Å²) in [5.41, 5.74) is 2.43. The van der Waals surface area contributed by atoms with E-state index in [0.717, 1.165) is 13.1 Å². The van der Waals surface area contributed by atoms with Crippen LogP contribution in [-0.4, -0.2) is 41.9 Å². The maximum absolute atomic E-state index is 12.6. The lowest BCUT2D eigenvalue weighted by Crippen LogP contribution is -2.49. The fourth-order valence-electron chi connectivity index (χ4n) is 3.04. The third-order valence-electron chi connectivity index (χ3n) is 4.41. The van der Waals surface area contributed by atoms with E-state index in [4.69, 9.17) is 11.6 Å². The Balaban J connectivity index is 1.71. The van der Waals surface area contributed by atoms with Gasteiger partial charge < -0.3 is 9.80 Å². The molecule has 1 aliphatic rings. The largest absolute Gasteiger partial charge is 0.368 e. The molecular weight excluding hydrogens is 342 g/mol. The number of nitro groups is 1. The molecule has 2 aromatic carbocycles. The van der Waals surface area contributed by atoms with Crippen LogP contribution >= 0.6 is 11.6 Å². The Morgan fingerprint density at radius 1 is 1.12 bits per heavy atom. The van der Waals surface area contributed by atoms with Gasteiger partial charge in [-0.05, 0) is 30.7 Å². The van der Waals surface area contributed by atoms with Gasteiger partial charge in [0.05, 0.1) is 4.92 Å². The van der Waals surface area contributed by atoms with Gasteiger partial charge in [0.1, 0.15) is 5.02 Å². The van der Waals surface area contributed by atoms with E-state index < -0.39 is 4.92 Å². The predicted octanol–water partition coefficient (Wildman–Crippen LogP) is 3.52. The highest BCUT2D eigenvalue weighted by Gasteiger charge is 2.24. The van der Waals surface area contributed by atoms with E-state index in [9.17, 15) is 14.9 Å². The van der Waals surface area contributed by atoms with E-state index in [1.54, 1.807) is 4.90 Å². The number of carbonyl (C=O) groups is 1. The quantitative estimate of drug-likeness (QED) is 0.621. The average molecular weight is 360 g/mol. The van der Waals surface area contributed by atoms with E-state index in [2.05, 4.69) is 24.0 Å². The first kappa shape index (κ1) is 17.2. The van der Waals surface area contributed by atoms with Crippen molar-refractivity contribution < 1.29 is 9.72 Å². The molecule has 7 heteroatoms. The van der Waals surface area contributed by atoms with Gasteiger partial charge >= 0.3 is 0 Å². The minimum absolute atomic E-state index is 0.0333. The Bertz CT molecular complexity index is 817. The number of anilines is 1. The van der Waals surface area contributed by atoms with Gasteiger partial charge in [0.25, 0.3) is 11.6 Å². The van der Waals surface area contributed by atoms with Crippen LogP contribution in [0.5, 0.6) is 0 Å². The Morgan fingerprint density at radius 2 is 1.80 bits per heavy atom. The maximum atomic E-state index is 12.6. The molecule has 25 heavy (non-hydrogen) atoms. The number of benzene rings is 2. The van der Waals surface area contributed by atoms with Gasteiger partial charge in [0.2, 0.25) is 0 Å². The molecule has 0 spiro atoms. The molecule has 0 aromatic heterocycles. The fraction of sp³-hybridized carbons (Fsp3) is 0.278. The molecule has 0 radical (unpaired) electrons. The van der Waals surface area contributed by atoms with Gasteiger partial charge in [-0.3, -0.25) is 14.9 Å². The Kier molecular flexibility index (Phi) is 4.90. The predicted molar refractivity (Wildman–Crippen MR) is 97.4 cm³/mol.